The van der Waals surface area contributed by atoms with Crippen molar-refractivity contribution in [3.63, 3.8) is 0 Å². The Labute approximate surface area is 170 Å². The highest BCUT2D eigenvalue weighted by molar-refractivity contribution is 5.92. The second kappa shape index (κ2) is 9.18. The minimum absolute atomic E-state index is 0.000131. The zero-order valence-electron chi connectivity index (χ0n) is 15.9. The Hall–Kier alpha value is -3.73. The van der Waals surface area contributed by atoms with Gasteiger partial charge in [0.2, 0.25) is 17.8 Å². The molecule has 0 aliphatic rings. The van der Waals surface area contributed by atoms with Crippen LogP contribution >= 0.6 is 0 Å². The first-order valence-electron chi connectivity index (χ1n) is 8.76. The predicted molar refractivity (Wildman–Crippen MR) is 105 cm³/mol. The first-order valence-corrected chi connectivity index (χ1v) is 8.76. The Kier molecular flexibility index (Phi) is 6.42. The number of anilines is 4. The van der Waals surface area contributed by atoms with Gasteiger partial charge in [0, 0.05) is 5.69 Å². The van der Waals surface area contributed by atoms with E-state index in [9.17, 15) is 18.0 Å². The van der Waals surface area contributed by atoms with Gasteiger partial charge in [-0.25, -0.2) is 13.2 Å². The lowest BCUT2D eigenvalue weighted by molar-refractivity contribution is -0.117. The maximum atomic E-state index is 13.7. The van der Waals surface area contributed by atoms with Crippen LogP contribution in [0.1, 0.15) is 5.82 Å². The van der Waals surface area contributed by atoms with E-state index in [4.69, 9.17) is 5.73 Å². The van der Waals surface area contributed by atoms with Crippen molar-refractivity contribution in [2.75, 3.05) is 30.0 Å². The lowest BCUT2D eigenvalue weighted by Gasteiger charge is -2.16. The molecule has 0 atom stereocenters. The van der Waals surface area contributed by atoms with E-state index in [2.05, 4.69) is 25.6 Å². The predicted octanol–water partition coefficient (Wildman–Crippen LogP) is 2.69. The lowest BCUT2D eigenvalue weighted by Crippen LogP contribution is -2.31. The van der Waals surface area contributed by atoms with Gasteiger partial charge in [-0.05, 0) is 31.3 Å². The molecular weight excluding hydrogens is 399 g/mol. The summed E-state index contributed by atoms with van der Waals surface area (Å²) in [6, 6.07) is 10.9. The molecule has 30 heavy (non-hydrogen) atoms. The SMILES string of the molecule is CN(CC(=O)Nc1ccc(F)c(F)c1F)Cc1nc(N)nc(Nc2ccccc2)n1. The number of para-hydroxylation sites is 1. The monoisotopic (exact) mass is 417 g/mol. The molecule has 0 saturated heterocycles. The standard InChI is InChI=1S/C19H18F3N7O/c1-29(10-15(30)25-13-8-7-12(20)16(21)17(13)22)9-14-26-18(23)28-19(27-14)24-11-5-3-2-4-6-11/h2-8H,9-10H2,1H3,(H,25,30)(H3,23,24,26,27,28). The molecule has 156 valence electrons. The summed E-state index contributed by atoms with van der Waals surface area (Å²) in [5.41, 5.74) is 6.03. The number of nitrogen functional groups attached to an aromatic ring is 1. The molecule has 1 heterocycles. The normalized spacial score (nSPS) is 10.8. The number of nitrogens with one attached hydrogen (secondary N) is 2. The van der Waals surface area contributed by atoms with Gasteiger partial charge in [-0.1, -0.05) is 18.2 Å². The number of benzene rings is 2. The number of rotatable bonds is 7. The van der Waals surface area contributed by atoms with E-state index in [0.29, 0.717) is 5.82 Å². The van der Waals surface area contributed by atoms with E-state index < -0.39 is 29.0 Å². The number of nitrogens with two attached hydrogens (primary N) is 1. The second-order valence-electron chi connectivity index (χ2n) is 6.37. The Morgan fingerprint density at radius 1 is 1.03 bits per heavy atom. The van der Waals surface area contributed by atoms with Gasteiger partial charge in [-0.3, -0.25) is 9.69 Å². The maximum absolute atomic E-state index is 13.7. The fraction of sp³-hybridized carbons (Fsp3) is 0.158. The van der Waals surface area contributed by atoms with Crippen molar-refractivity contribution in [2.24, 2.45) is 0 Å². The second-order valence-corrected chi connectivity index (χ2v) is 6.37. The van der Waals surface area contributed by atoms with Crippen LogP contribution in [-0.4, -0.2) is 39.4 Å². The largest absolute Gasteiger partial charge is 0.368 e. The van der Waals surface area contributed by atoms with E-state index in [0.717, 1.165) is 17.8 Å². The topological polar surface area (TPSA) is 109 Å². The van der Waals surface area contributed by atoms with Crippen molar-refractivity contribution in [1.82, 2.24) is 19.9 Å². The van der Waals surface area contributed by atoms with Crippen LogP contribution in [0.5, 0.6) is 0 Å². The number of nitrogens with zero attached hydrogens (tertiary/aromatic N) is 4. The van der Waals surface area contributed by atoms with Crippen LogP contribution in [0.15, 0.2) is 42.5 Å². The molecule has 11 heteroatoms. The molecule has 3 rings (SSSR count). The van der Waals surface area contributed by atoms with Gasteiger partial charge in [-0.15, -0.1) is 0 Å². The highest BCUT2D eigenvalue weighted by atomic mass is 19.2. The molecule has 0 spiro atoms. The molecule has 0 radical (unpaired) electrons. The van der Waals surface area contributed by atoms with E-state index >= 15 is 0 Å². The zero-order chi connectivity index (χ0) is 21.7. The average Bonchev–Trinajstić information content (AvgIpc) is 2.68. The Morgan fingerprint density at radius 3 is 2.50 bits per heavy atom. The highest BCUT2D eigenvalue weighted by Crippen LogP contribution is 2.19. The molecule has 8 nitrogen and oxygen atoms in total. The molecule has 0 aliphatic heterocycles. The molecule has 0 saturated carbocycles. The zero-order valence-corrected chi connectivity index (χ0v) is 15.9. The van der Waals surface area contributed by atoms with Gasteiger partial charge in [-0.2, -0.15) is 15.0 Å². The maximum Gasteiger partial charge on any atom is 0.238 e. The molecule has 1 aromatic heterocycles. The fourth-order valence-corrected chi connectivity index (χ4v) is 2.57. The van der Waals surface area contributed by atoms with E-state index in [-0.39, 0.29) is 25.0 Å². The molecule has 0 bridgehead atoms. The van der Waals surface area contributed by atoms with Crippen LogP contribution < -0.4 is 16.4 Å². The number of aromatic nitrogens is 3. The number of halogens is 3. The molecule has 0 aliphatic carbocycles. The van der Waals surface area contributed by atoms with Gasteiger partial charge < -0.3 is 16.4 Å². The van der Waals surface area contributed by atoms with Crippen LogP contribution in [0.2, 0.25) is 0 Å². The van der Waals surface area contributed by atoms with Crippen LogP contribution in [0, 0.1) is 17.5 Å². The van der Waals surface area contributed by atoms with E-state index in [1.54, 1.807) is 7.05 Å². The summed E-state index contributed by atoms with van der Waals surface area (Å²) in [6.07, 6.45) is 0. The summed E-state index contributed by atoms with van der Waals surface area (Å²) < 4.78 is 39.9. The van der Waals surface area contributed by atoms with E-state index in [1.165, 1.54) is 4.90 Å². The third kappa shape index (κ3) is 5.41. The van der Waals surface area contributed by atoms with Crippen molar-refractivity contribution < 1.29 is 18.0 Å². The summed E-state index contributed by atoms with van der Waals surface area (Å²) in [5.74, 6) is -4.55. The van der Waals surface area contributed by atoms with Crippen LogP contribution in [-0.2, 0) is 11.3 Å². The third-order valence-corrected chi connectivity index (χ3v) is 3.86. The molecule has 0 fully saturated rings. The Balaban J connectivity index is 1.62. The van der Waals surface area contributed by atoms with Gasteiger partial charge >= 0.3 is 0 Å². The lowest BCUT2D eigenvalue weighted by atomic mass is 10.2. The number of hydrogen-bond donors (Lipinski definition) is 3. The van der Waals surface area contributed by atoms with Crippen LogP contribution in [0.25, 0.3) is 0 Å². The number of carbonyl (C=O) groups excluding carboxylic acids is 1. The highest BCUT2D eigenvalue weighted by Gasteiger charge is 2.16. The van der Waals surface area contributed by atoms with Crippen molar-refractivity contribution in [3.05, 3.63) is 65.7 Å². The molecule has 3 aromatic rings. The van der Waals surface area contributed by atoms with Gasteiger partial charge in [0.15, 0.2) is 17.5 Å². The number of hydrogen-bond acceptors (Lipinski definition) is 7. The van der Waals surface area contributed by atoms with E-state index in [1.807, 2.05) is 30.3 Å². The van der Waals surface area contributed by atoms with Crippen molar-refractivity contribution in [3.8, 4) is 0 Å². The first-order chi connectivity index (χ1) is 14.3. The fourth-order valence-electron chi connectivity index (χ4n) is 2.57. The smallest absolute Gasteiger partial charge is 0.238 e. The molecule has 0 unspecified atom stereocenters. The Morgan fingerprint density at radius 2 is 1.77 bits per heavy atom. The first kappa shape index (κ1) is 21.0. The van der Waals surface area contributed by atoms with Crippen molar-refractivity contribution in [1.29, 1.82) is 0 Å². The van der Waals surface area contributed by atoms with Crippen molar-refractivity contribution >= 4 is 29.2 Å². The quantitative estimate of drug-likeness (QED) is 0.507. The van der Waals surface area contributed by atoms with Crippen LogP contribution in [0.4, 0.5) is 36.4 Å². The summed E-state index contributed by atoms with van der Waals surface area (Å²) in [7, 11) is 1.60. The summed E-state index contributed by atoms with van der Waals surface area (Å²) in [5, 5.41) is 5.20. The minimum atomic E-state index is -1.65. The molecular formula is C19H18F3N7O. The third-order valence-electron chi connectivity index (χ3n) is 3.86. The molecule has 4 N–H and O–H groups in total. The number of likely N-dealkylation sites (N-methyl/N-ethyl adjacent to an activating group) is 1. The number of carbonyl (C=O) groups is 1. The summed E-state index contributed by atoms with van der Waals surface area (Å²) >= 11 is 0. The number of amides is 1. The van der Waals surface area contributed by atoms with Crippen molar-refractivity contribution in [2.45, 2.75) is 6.54 Å². The van der Waals surface area contributed by atoms with Gasteiger partial charge in [0.25, 0.3) is 0 Å². The van der Waals surface area contributed by atoms with Gasteiger partial charge in [0.1, 0.15) is 5.82 Å². The van der Waals surface area contributed by atoms with Crippen LogP contribution in [0.3, 0.4) is 0 Å². The molecule has 1 amide bonds. The summed E-state index contributed by atoms with van der Waals surface area (Å²) in [4.78, 5) is 26.0. The Bertz CT molecular complexity index is 1050. The van der Waals surface area contributed by atoms with Gasteiger partial charge in [0.05, 0.1) is 18.8 Å². The molecule has 2 aromatic carbocycles. The summed E-state index contributed by atoms with van der Waals surface area (Å²) in [6.45, 7) is -0.0602. The average molecular weight is 417 g/mol. The minimum Gasteiger partial charge on any atom is -0.368 e.